The first-order chi connectivity index (χ1) is 9.13. The Labute approximate surface area is 117 Å². The molecule has 0 atom stereocenters. The van der Waals surface area contributed by atoms with Gasteiger partial charge in [0.1, 0.15) is 6.54 Å². The quantitative estimate of drug-likeness (QED) is 0.657. The number of nitrogens with one attached hydrogen (secondary N) is 1. The number of piperidine rings is 1. The zero-order valence-corrected chi connectivity index (χ0v) is 12.1. The summed E-state index contributed by atoms with van der Waals surface area (Å²) in [6, 6.07) is 0. The molecule has 1 rings (SSSR count). The van der Waals surface area contributed by atoms with Gasteiger partial charge in [0.15, 0.2) is 0 Å². The molecule has 2 N–H and O–H groups in total. The van der Waals surface area contributed by atoms with Crippen molar-refractivity contribution in [3.8, 4) is 0 Å². The lowest BCUT2D eigenvalue weighted by atomic mass is 10.2. The van der Waals surface area contributed by atoms with Gasteiger partial charge in [-0.3, -0.25) is 9.59 Å². The zero-order valence-electron chi connectivity index (χ0n) is 11.3. The Morgan fingerprint density at radius 1 is 1.42 bits per heavy atom. The lowest BCUT2D eigenvalue weighted by Crippen LogP contribution is -2.39. The van der Waals surface area contributed by atoms with Gasteiger partial charge < -0.3 is 20.1 Å². The van der Waals surface area contributed by atoms with Crippen LogP contribution in [0.5, 0.6) is 0 Å². The summed E-state index contributed by atoms with van der Waals surface area (Å²) in [5.74, 6) is -0.763. The first kappa shape index (κ1) is 16.3. The van der Waals surface area contributed by atoms with Gasteiger partial charge in [0.2, 0.25) is 5.91 Å². The van der Waals surface area contributed by atoms with Crippen LogP contribution in [-0.4, -0.2) is 72.8 Å². The fraction of sp³-hybridized carbons (Fsp3) is 0.833. The molecule has 0 aromatic carbocycles. The third-order valence-electron chi connectivity index (χ3n) is 2.97. The zero-order chi connectivity index (χ0) is 14.1. The molecule has 1 heterocycles. The second-order valence-corrected chi connectivity index (χ2v) is 5.75. The van der Waals surface area contributed by atoms with E-state index in [2.05, 4.69) is 5.32 Å². The number of hydrogen-bond donors (Lipinski definition) is 2. The van der Waals surface area contributed by atoms with Crippen molar-refractivity contribution in [1.29, 1.82) is 0 Å². The molecule has 1 aliphatic heterocycles. The molecule has 7 heteroatoms. The minimum absolute atomic E-state index is 0.122. The number of carbonyl (C=O) groups is 2. The Bertz CT molecular complexity index is 295. The van der Waals surface area contributed by atoms with Crippen LogP contribution in [0.15, 0.2) is 0 Å². The topological polar surface area (TPSA) is 78.9 Å². The van der Waals surface area contributed by atoms with E-state index in [0.717, 1.165) is 25.9 Å². The standard InChI is InChI=1S/C12H22N2O4S/c1-18-7-6-14(8-12(16)17)11(15)9-19-10-2-4-13-5-3-10/h10,13H,2-9H2,1H3,(H,16,17). The highest BCUT2D eigenvalue weighted by atomic mass is 32.2. The summed E-state index contributed by atoms with van der Waals surface area (Å²) >= 11 is 1.63. The Hall–Kier alpha value is -0.790. The van der Waals surface area contributed by atoms with Gasteiger partial charge in [-0.1, -0.05) is 0 Å². The van der Waals surface area contributed by atoms with Crippen molar-refractivity contribution in [2.24, 2.45) is 0 Å². The molecule has 1 saturated heterocycles. The highest BCUT2D eigenvalue weighted by molar-refractivity contribution is 8.00. The number of carbonyl (C=O) groups excluding carboxylic acids is 1. The second-order valence-electron chi connectivity index (χ2n) is 4.46. The molecule has 110 valence electrons. The fourth-order valence-electron chi connectivity index (χ4n) is 1.90. The Kier molecular flexibility index (Phi) is 7.85. The first-order valence-electron chi connectivity index (χ1n) is 6.44. The summed E-state index contributed by atoms with van der Waals surface area (Å²) in [7, 11) is 1.53. The Morgan fingerprint density at radius 2 is 2.11 bits per heavy atom. The van der Waals surface area contributed by atoms with Crippen LogP contribution in [0.25, 0.3) is 0 Å². The average molecular weight is 290 g/mol. The maximum absolute atomic E-state index is 12.0. The van der Waals surface area contributed by atoms with E-state index in [0.29, 0.717) is 24.2 Å². The predicted octanol–water partition coefficient (Wildman–Crippen LogP) is 0.0312. The van der Waals surface area contributed by atoms with Gasteiger partial charge in [0.25, 0.3) is 0 Å². The molecule has 6 nitrogen and oxygen atoms in total. The summed E-state index contributed by atoms with van der Waals surface area (Å²) in [6.45, 7) is 2.42. The molecule has 19 heavy (non-hydrogen) atoms. The van der Waals surface area contributed by atoms with Crippen LogP contribution < -0.4 is 5.32 Å². The Balaban J connectivity index is 2.34. The molecule has 1 aliphatic rings. The lowest BCUT2D eigenvalue weighted by Gasteiger charge is -2.24. The van der Waals surface area contributed by atoms with Crippen LogP contribution in [0, 0.1) is 0 Å². The largest absolute Gasteiger partial charge is 0.480 e. The number of carboxylic acids is 1. The molecule has 0 aliphatic carbocycles. The van der Waals surface area contributed by atoms with E-state index in [4.69, 9.17) is 9.84 Å². The molecule has 0 aromatic heterocycles. The van der Waals surface area contributed by atoms with E-state index in [9.17, 15) is 9.59 Å². The number of aliphatic carboxylic acids is 1. The summed E-state index contributed by atoms with van der Waals surface area (Å²) in [6.07, 6.45) is 2.13. The van der Waals surface area contributed by atoms with Crippen LogP contribution in [0.1, 0.15) is 12.8 Å². The predicted molar refractivity (Wildman–Crippen MR) is 74.4 cm³/mol. The van der Waals surface area contributed by atoms with Crippen LogP contribution in [0.4, 0.5) is 0 Å². The molecule has 0 bridgehead atoms. The van der Waals surface area contributed by atoms with Crippen LogP contribution in [0.2, 0.25) is 0 Å². The molecular weight excluding hydrogens is 268 g/mol. The SMILES string of the molecule is COCCN(CC(=O)O)C(=O)CSC1CCNCC1. The van der Waals surface area contributed by atoms with E-state index in [1.807, 2.05) is 0 Å². The number of thioether (sulfide) groups is 1. The lowest BCUT2D eigenvalue weighted by molar-refractivity contribution is -0.143. The number of methoxy groups -OCH3 is 1. The van der Waals surface area contributed by atoms with E-state index in [1.54, 1.807) is 11.8 Å². The average Bonchev–Trinajstić information content (AvgIpc) is 2.41. The molecule has 1 fully saturated rings. The van der Waals surface area contributed by atoms with Gasteiger partial charge in [-0.05, 0) is 25.9 Å². The molecule has 0 radical (unpaired) electrons. The van der Waals surface area contributed by atoms with E-state index in [-0.39, 0.29) is 12.5 Å². The minimum atomic E-state index is -0.990. The monoisotopic (exact) mass is 290 g/mol. The third kappa shape index (κ3) is 6.79. The minimum Gasteiger partial charge on any atom is -0.480 e. The summed E-state index contributed by atoms with van der Waals surface area (Å²) < 4.78 is 4.90. The number of amides is 1. The number of nitrogens with zero attached hydrogens (tertiary/aromatic N) is 1. The molecule has 0 unspecified atom stereocenters. The maximum Gasteiger partial charge on any atom is 0.323 e. The van der Waals surface area contributed by atoms with Gasteiger partial charge in [-0.25, -0.2) is 0 Å². The smallest absolute Gasteiger partial charge is 0.323 e. The molecule has 0 aromatic rings. The van der Waals surface area contributed by atoms with E-state index >= 15 is 0 Å². The normalized spacial score (nSPS) is 16.3. The van der Waals surface area contributed by atoms with Gasteiger partial charge in [0.05, 0.1) is 12.4 Å². The third-order valence-corrected chi connectivity index (χ3v) is 4.33. The number of ether oxygens (including phenoxy) is 1. The van der Waals surface area contributed by atoms with Gasteiger partial charge in [-0.15, -0.1) is 11.8 Å². The summed E-state index contributed by atoms with van der Waals surface area (Å²) in [5, 5.41) is 12.6. The van der Waals surface area contributed by atoms with Gasteiger partial charge in [-0.2, -0.15) is 0 Å². The molecule has 0 saturated carbocycles. The highest BCUT2D eigenvalue weighted by Gasteiger charge is 2.19. The molecular formula is C12H22N2O4S. The number of carboxylic acid groups (broad SMARTS) is 1. The molecule has 0 spiro atoms. The fourth-order valence-corrected chi connectivity index (χ4v) is 3.03. The highest BCUT2D eigenvalue weighted by Crippen LogP contribution is 2.20. The van der Waals surface area contributed by atoms with Crippen molar-refractivity contribution in [2.45, 2.75) is 18.1 Å². The first-order valence-corrected chi connectivity index (χ1v) is 7.49. The number of rotatable bonds is 8. The van der Waals surface area contributed by atoms with E-state index < -0.39 is 5.97 Å². The van der Waals surface area contributed by atoms with Gasteiger partial charge in [0, 0.05) is 18.9 Å². The van der Waals surface area contributed by atoms with Crippen molar-refractivity contribution >= 4 is 23.6 Å². The molecule has 1 amide bonds. The van der Waals surface area contributed by atoms with Crippen LogP contribution in [-0.2, 0) is 14.3 Å². The Morgan fingerprint density at radius 3 is 2.68 bits per heavy atom. The van der Waals surface area contributed by atoms with E-state index in [1.165, 1.54) is 12.0 Å². The summed E-state index contributed by atoms with van der Waals surface area (Å²) in [5.41, 5.74) is 0. The van der Waals surface area contributed by atoms with Crippen LogP contribution >= 0.6 is 11.8 Å². The maximum atomic E-state index is 12.0. The van der Waals surface area contributed by atoms with Crippen LogP contribution in [0.3, 0.4) is 0 Å². The summed E-state index contributed by atoms with van der Waals surface area (Å²) in [4.78, 5) is 24.1. The van der Waals surface area contributed by atoms with Crippen molar-refractivity contribution in [3.05, 3.63) is 0 Å². The van der Waals surface area contributed by atoms with Crippen molar-refractivity contribution in [2.75, 3.05) is 45.6 Å². The van der Waals surface area contributed by atoms with Crippen molar-refractivity contribution in [1.82, 2.24) is 10.2 Å². The van der Waals surface area contributed by atoms with Crippen molar-refractivity contribution < 1.29 is 19.4 Å². The van der Waals surface area contributed by atoms with Gasteiger partial charge >= 0.3 is 5.97 Å². The second kappa shape index (κ2) is 9.17. The number of hydrogen-bond acceptors (Lipinski definition) is 5. The van der Waals surface area contributed by atoms with Crippen molar-refractivity contribution in [3.63, 3.8) is 0 Å².